The number of hydrogen-bond acceptors (Lipinski definition) is 3. The van der Waals surface area contributed by atoms with E-state index in [2.05, 4.69) is 15.9 Å². The van der Waals surface area contributed by atoms with Crippen LogP contribution in [0.4, 0.5) is 5.69 Å². The molecule has 0 bridgehead atoms. The number of halogens is 1. The summed E-state index contributed by atoms with van der Waals surface area (Å²) in [6.07, 6.45) is 0. The quantitative estimate of drug-likeness (QED) is 0.636. The molecule has 4 heteroatoms. The summed E-state index contributed by atoms with van der Waals surface area (Å²) in [6, 6.07) is 3.65. The Labute approximate surface area is 104 Å². The zero-order valence-corrected chi connectivity index (χ0v) is 11.5. The van der Waals surface area contributed by atoms with Crippen molar-refractivity contribution in [3.63, 3.8) is 0 Å². The van der Waals surface area contributed by atoms with Crippen LogP contribution in [0.1, 0.15) is 36.7 Å². The van der Waals surface area contributed by atoms with Gasteiger partial charge in [-0.2, -0.15) is 0 Å². The Morgan fingerprint density at radius 3 is 2.44 bits per heavy atom. The second-order valence-electron chi connectivity index (χ2n) is 4.65. The van der Waals surface area contributed by atoms with Gasteiger partial charge in [0, 0.05) is 4.47 Å². The van der Waals surface area contributed by atoms with Gasteiger partial charge in [0.2, 0.25) is 0 Å². The highest BCUT2D eigenvalue weighted by Gasteiger charge is 2.22. The van der Waals surface area contributed by atoms with E-state index in [1.54, 1.807) is 6.07 Å². The fourth-order valence-electron chi connectivity index (χ4n) is 1.23. The van der Waals surface area contributed by atoms with Crippen molar-refractivity contribution in [3.05, 3.63) is 27.7 Å². The van der Waals surface area contributed by atoms with E-state index in [0.717, 1.165) is 5.56 Å². The van der Waals surface area contributed by atoms with Crippen LogP contribution < -0.4 is 5.73 Å². The van der Waals surface area contributed by atoms with E-state index in [1.165, 1.54) is 0 Å². The summed E-state index contributed by atoms with van der Waals surface area (Å²) >= 11 is 3.31. The van der Waals surface area contributed by atoms with Gasteiger partial charge in [0.25, 0.3) is 0 Å². The number of benzene rings is 1. The van der Waals surface area contributed by atoms with Crippen LogP contribution in [0.2, 0.25) is 0 Å². The summed E-state index contributed by atoms with van der Waals surface area (Å²) in [7, 11) is 0. The highest BCUT2D eigenvalue weighted by Crippen LogP contribution is 2.27. The lowest BCUT2D eigenvalue weighted by Gasteiger charge is -2.21. The molecule has 0 atom stereocenters. The molecule has 0 aliphatic rings. The van der Waals surface area contributed by atoms with Crippen LogP contribution in [-0.4, -0.2) is 11.6 Å². The molecule has 0 aromatic heterocycles. The van der Waals surface area contributed by atoms with Gasteiger partial charge < -0.3 is 10.5 Å². The molecule has 0 saturated carbocycles. The summed E-state index contributed by atoms with van der Waals surface area (Å²) in [4.78, 5) is 11.9. The molecular weight excluding hydrogens is 270 g/mol. The van der Waals surface area contributed by atoms with Gasteiger partial charge in [-0.3, -0.25) is 0 Å². The van der Waals surface area contributed by atoms with Gasteiger partial charge in [-0.25, -0.2) is 4.79 Å². The standard InChI is InChI=1S/C12H16BrNO2/c1-7-5-6-8(13)9(10(7)14)11(15)16-12(2,3)4/h5-6H,14H2,1-4H3. The number of anilines is 1. The van der Waals surface area contributed by atoms with Crippen LogP contribution in [0.25, 0.3) is 0 Å². The van der Waals surface area contributed by atoms with Crippen molar-refractivity contribution in [2.75, 3.05) is 5.73 Å². The fourth-order valence-corrected chi connectivity index (χ4v) is 1.74. The molecule has 0 heterocycles. The van der Waals surface area contributed by atoms with E-state index in [9.17, 15) is 4.79 Å². The van der Waals surface area contributed by atoms with Gasteiger partial charge in [0.15, 0.2) is 0 Å². The lowest BCUT2D eigenvalue weighted by atomic mass is 10.1. The molecule has 0 saturated heterocycles. The number of ether oxygens (including phenoxy) is 1. The van der Waals surface area contributed by atoms with E-state index in [1.807, 2.05) is 33.8 Å². The Kier molecular flexibility index (Phi) is 3.63. The van der Waals surface area contributed by atoms with Gasteiger partial charge in [-0.1, -0.05) is 6.07 Å². The Balaban J connectivity index is 3.14. The zero-order chi connectivity index (χ0) is 12.5. The van der Waals surface area contributed by atoms with Crippen LogP contribution in [0, 0.1) is 6.92 Å². The molecule has 3 nitrogen and oxygen atoms in total. The molecule has 1 aromatic rings. The lowest BCUT2D eigenvalue weighted by Crippen LogP contribution is -2.24. The Bertz CT molecular complexity index is 422. The zero-order valence-electron chi connectivity index (χ0n) is 9.93. The molecule has 2 N–H and O–H groups in total. The lowest BCUT2D eigenvalue weighted by molar-refractivity contribution is 0.00697. The van der Waals surface area contributed by atoms with Gasteiger partial charge in [0.1, 0.15) is 5.60 Å². The van der Waals surface area contributed by atoms with E-state index in [4.69, 9.17) is 10.5 Å². The fraction of sp³-hybridized carbons (Fsp3) is 0.417. The van der Waals surface area contributed by atoms with Crippen molar-refractivity contribution >= 4 is 27.6 Å². The second-order valence-corrected chi connectivity index (χ2v) is 5.51. The molecule has 1 aromatic carbocycles. The Hall–Kier alpha value is -1.03. The smallest absolute Gasteiger partial charge is 0.341 e. The molecule has 0 fully saturated rings. The summed E-state index contributed by atoms with van der Waals surface area (Å²) in [5.41, 5.74) is 7.08. The highest BCUT2D eigenvalue weighted by molar-refractivity contribution is 9.10. The summed E-state index contributed by atoms with van der Waals surface area (Å²) in [5.74, 6) is -0.402. The van der Waals surface area contributed by atoms with Crippen LogP contribution >= 0.6 is 15.9 Å². The number of nitrogen functional groups attached to an aromatic ring is 1. The summed E-state index contributed by atoms with van der Waals surface area (Å²) < 4.78 is 5.95. The van der Waals surface area contributed by atoms with Crippen molar-refractivity contribution in [1.29, 1.82) is 0 Å². The van der Waals surface area contributed by atoms with E-state index in [-0.39, 0.29) is 0 Å². The van der Waals surface area contributed by atoms with Gasteiger partial charge >= 0.3 is 5.97 Å². The molecule has 88 valence electrons. The number of hydrogen-bond donors (Lipinski definition) is 1. The molecule has 1 rings (SSSR count). The van der Waals surface area contributed by atoms with Crippen LogP contribution in [0.15, 0.2) is 16.6 Å². The summed E-state index contributed by atoms with van der Waals surface area (Å²) in [6.45, 7) is 7.33. The van der Waals surface area contributed by atoms with Crippen LogP contribution in [0.5, 0.6) is 0 Å². The van der Waals surface area contributed by atoms with Crippen molar-refractivity contribution in [3.8, 4) is 0 Å². The first-order valence-electron chi connectivity index (χ1n) is 5.00. The normalized spacial score (nSPS) is 11.3. The second kappa shape index (κ2) is 4.45. The van der Waals surface area contributed by atoms with Crippen LogP contribution in [0.3, 0.4) is 0 Å². The maximum absolute atomic E-state index is 11.9. The van der Waals surface area contributed by atoms with Crippen molar-refractivity contribution < 1.29 is 9.53 Å². The Morgan fingerprint density at radius 2 is 1.94 bits per heavy atom. The number of nitrogens with two attached hydrogens (primary N) is 1. The number of carbonyl (C=O) groups is 1. The van der Waals surface area contributed by atoms with Crippen molar-refractivity contribution in [1.82, 2.24) is 0 Å². The first kappa shape index (κ1) is 13.0. The van der Waals surface area contributed by atoms with E-state index >= 15 is 0 Å². The molecule has 0 unspecified atom stereocenters. The van der Waals surface area contributed by atoms with Gasteiger partial charge in [-0.15, -0.1) is 0 Å². The first-order chi connectivity index (χ1) is 7.22. The molecule has 0 radical (unpaired) electrons. The first-order valence-corrected chi connectivity index (χ1v) is 5.79. The van der Waals surface area contributed by atoms with Crippen LogP contribution in [-0.2, 0) is 4.74 Å². The number of esters is 1. The van der Waals surface area contributed by atoms with Crippen molar-refractivity contribution in [2.45, 2.75) is 33.3 Å². The Morgan fingerprint density at radius 1 is 1.38 bits per heavy atom. The SMILES string of the molecule is Cc1ccc(Br)c(C(=O)OC(C)(C)C)c1N. The third-order valence-corrected chi connectivity index (χ3v) is 2.68. The molecule has 0 spiro atoms. The third-order valence-electron chi connectivity index (χ3n) is 2.02. The van der Waals surface area contributed by atoms with E-state index in [0.29, 0.717) is 15.7 Å². The molecular formula is C12H16BrNO2. The monoisotopic (exact) mass is 285 g/mol. The van der Waals surface area contributed by atoms with Gasteiger partial charge in [0.05, 0.1) is 11.3 Å². The highest BCUT2D eigenvalue weighted by atomic mass is 79.9. The minimum atomic E-state index is -0.521. The maximum Gasteiger partial charge on any atom is 0.341 e. The maximum atomic E-state index is 11.9. The topological polar surface area (TPSA) is 52.3 Å². The number of rotatable bonds is 1. The average molecular weight is 286 g/mol. The third kappa shape index (κ3) is 2.98. The summed E-state index contributed by atoms with van der Waals surface area (Å²) in [5, 5.41) is 0. The number of carbonyl (C=O) groups excluding carboxylic acids is 1. The molecule has 0 aliphatic heterocycles. The molecule has 0 amide bonds. The number of aryl methyl sites for hydroxylation is 1. The molecule has 16 heavy (non-hydrogen) atoms. The van der Waals surface area contributed by atoms with E-state index < -0.39 is 11.6 Å². The predicted octanol–water partition coefficient (Wildman–Crippen LogP) is 3.30. The minimum absolute atomic E-state index is 0.398. The van der Waals surface area contributed by atoms with Gasteiger partial charge in [-0.05, 0) is 55.3 Å². The van der Waals surface area contributed by atoms with Crippen molar-refractivity contribution in [2.24, 2.45) is 0 Å². The average Bonchev–Trinajstić information content (AvgIpc) is 2.09. The minimum Gasteiger partial charge on any atom is -0.456 e. The predicted molar refractivity (Wildman–Crippen MR) is 68.5 cm³/mol. The largest absolute Gasteiger partial charge is 0.456 e. The molecule has 0 aliphatic carbocycles.